The minimum absolute atomic E-state index is 0.208. The van der Waals surface area contributed by atoms with Gasteiger partial charge in [-0.3, -0.25) is 0 Å². The molecule has 0 saturated carbocycles. The van der Waals surface area contributed by atoms with E-state index in [2.05, 4.69) is 17.1 Å². The molecule has 2 atom stereocenters. The summed E-state index contributed by atoms with van der Waals surface area (Å²) in [5, 5.41) is 3.90. The zero-order valence-corrected chi connectivity index (χ0v) is 12.0. The molecule has 3 saturated heterocycles. The third-order valence-electron chi connectivity index (χ3n) is 4.56. The lowest BCUT2D eigenvalue weighted by atomic mass is 9.83. The highest BCUT2D eigenvalue weighted by atomic mass is 35.5. The molecule has 104 valence electrons. The Morgan fingerprint density at radius 3 is 2.68 bits per heavy atom. The summed E-state index contributed by atoms with van der Waals surface area (Å²) in [5.74, 6) is 0.448. The molecule has 0 spiro atoms. The maximum atomic E-state index is 13.2. The van der Waals surface area contributed by atoms with Gasteiger partial charge in [0.25, 0.3) is 0 Å². The van der Waals surface area contributed by atoms with Gasteiger partial charge in [-0.1, -0.05) is 17.7 Å². The van der Waals surface area contributed by atoms with E-state index in [0.29, 0.717) is 6.04 Å². The molecular formula is C15H20ClFN2. The van der Waals surface area contributed by atoms with Crippen molar-refractivity contribution in [2.24, 2.45) is 5.92 Å². The van der Waals surface area contributed by atoms with Crippen LogP contribution in [-0.4, -0.2) is 30.6 Å². The smallest absolute Gasteiger partial charge is 0.141 e. The molecule has 1 aromatic rings. The monoisotopic (exact) mass is 282 g/mol. The fraction of sp³-hybridized carbons (Fsp3) is 0.600. The Kier molecular flexibility index (Phi) is 3.79. The topological polar surface area (TPSA) is 15.3 Å². The summed E-state index contributed by atoms with van der Waals surface area (Å²) in [7, 11) is 0. The molecule has 3 heterocycles. The fourth-order valence-corrected chi connectivity index (χ4v) is 3.54. The minimum atomic E-state index is -0.347. The number of piperidine rings is 3. The number of rotatable bonds is 3. The largest absolute Gasteiger partial charge is 0.306 e. The molecule has 1 aromatic carbocycles. The van der Waals surface area contributed by atoms with Crippen LogP contribution in [0.1, 0.15) is 31.4 Å². The molecule has 0 aliphatic carbocycles. The van der Waals surface area contributed by atoms with Crippen LogP contribution < -0.4 is 5.32 Å². The average molecular weight is 283 g/mol. The highest BCUT2D eigenvalue weighted by Crippen LogP contribution is 2.29. The van der Waals surface area contributed by atoms with Crippen molar-refractivity contribution in [3.8, 4) is 0 Å². The van der Waals surface area contributed by atoms with Crippen LogP contribution in [0.3, 0.4) is 0 Å². The zero-order chi connectivity index (χ0) is 13.4. The number of nitrogens with one attached hydrogen (secondary N) is 1. The van der Waals surface area contributed by atoms with Gasteiger partial charge < -0.3 is 10.2 Å². The van der Waals surface area contributed by atoms with E-state index in [9.17, 15) is 4.39 Å². The molecule has 0 amide bonds. The van der Waals surface area contributed by atoms with Crippen LogP contribution in [0.5, 0.6) is 0 Å². The Morgan fingerprint density at radius 1 is 1.37 bits per heavy atom. The maximum absolute atomic E-state index is 13.2. The molecule has 2 unspecified atom stereocenters. The fourth-order valence-electron chi connectivity index (χ4n) is 3.35. The van der Waals surface area contributed by atoms with Crippen LogP contribution >= 0.6 is 11.6 Å². The highest BCUT2D eigenvalue weighted by molar-refractivity contribution is 6.30. The number of hydrogen-bond donors (Lipinski definition) is 1. The van der Waals surface area contributed by atoms with Crippen molar-refractivity contribution in [3.63, 3.8) is 0 Å². The summed E-state index contributed by atoms with van der Waals surface area (Å²) in [6.07, 6.45) is 2.60. The van der Waals surface area contributed by atoms with E-state index in [1.54, 1.807) is 6.07 Å². The third kappa shape index (κ3) is 2.78. The molecular weight excluding hydrogens is 263 g/mol. The Hall–Kier alpha value is -0.640. The van der Waals surface area contributed by atoms with E-state index in [4.69, 9.17) is 11.6 Å². The summed E-state index contributed by atoms with van der Waals surface area (Å²) >= 11 is 5.85. The first-order valence-corrected chi connectivity index (χ1v) is 7.44. The van der Waals surface area contributed by atoms with Crippen molar-refractivity contribution in [1.82, 2.24) is 10.2 Å². The normalized spacial score (nSPS) is 31.4. The van der Waals surface area contributed by atoms with Gasteiger partial charge in [0.05, 0.1) is 5.02 Å². The Balaban J connectivity index is 1.67. The van der Waals surface area contributed by atoms with E-state index in [1.807, 2.05) is 6.07 Å². The van der Waals surface area contributed by atoms with Gasteiger partial charge in [-0.2, -0.15) is 0 Å². The van der Waals surface area contributed by atoms with Crippen molar-refractivity contribution in [2.45, 2.75) is 31.8 Å². The van der Waals surface area contributed by atoms with E-state index >= 15 is 0 Å². The Labute approximate surface area is 118 Å². The second kappa shape index (κ2) is 5.39. The van der Waals surface area contributed by atoms with Gasteiger partial charge in [-0.05, 0) is 56.5 Å². The van der Waals surface area contributed by atoms with Gasteiger partial charge in [0.15, 0.2) is 0 Å². The number of halogens is 2. The zero-order valence-electron chi connectivity index (χ0n) is 11.2. The first-order chi connectivity index (χ1) is 9.13. The molecule has 0 aromatic heterocycles. The predicted octanol–water partition coefficient (Wildman–Crippen LogP) is 3.22. The second-order valence-electron chi connectivity index (χ2n) is 5.81. The van der Waals surface area contributed by atoms with Crippen molar-refractivity contribution in [1.29, 1.82) is 0 Å². The summed E-state index contributed by atoms with van der Waals surface area (Å²) < 4.78 is 13.2. The van der Waals surface area contributed by atoms with Crippen molar-refractivity contribution < 1.29 is 4.39 Å². The number of benzene rings is 1. The first-order valence-electron chi connectivity index (χ1n) is 7.07. The molecule has 3 fully saturated rings. The van der Waals surface area contributed by atoms with Crippen molar-refractivity contribution in [3.05, 3.63) is 34.6 Å². The molecule has 0 radical (unpaired) electrons. The SMILES string of the molecule is CC(NC1CN2CCC1CC2)c1ccc(F)c(Cl)c1. The summed E-state index contributed by atoms with van der Waals surface area (Å²) in [6.45, 7) is 5.77. The molecule has 2 bridgehead atoms. The van der Waals surface area contributed by atoms with Crippen molar-refractivity contribution >= 4 is 11.6 Å². The maximum Gasteiger partial charge on any atom is 0.141 e. The van der Waals surface area contributed by atoms with Crippen LogP contribution in [-0.2, 0) is 0 Å². The highest BCUT2D eigenvalue weighted by Gasteiger charge is 2.34. The van der Waals surface area contributed by atoms with Crippen LogP contribution in [0.25, 0.3) is 0 Å². The second-order valence-corrected chi connectivity index (χ2v) is 6.21. The van der Waals surface area contributed by atoms with Gasteiger partial charge in [0.1, 0.15) is 5.82 Å². The predicted molar refractivity (Wildman–Crippen MR) is 75.9 cm³/mol. The van der Waals surface area contributed by atoms with Gasteiger partial charge in [-0.15, -0.1) is 0 Å². The Bertz CT molecular complexity index is 457. The summed E-state index contributed by atoms with van der Waals surface area (Å²) in [5.41, 5.74) is 1.06. The minimum Gasteiger partial charge on any atom is -0.306 e. The van der Waals surface area contributed by atoms with Gasteiger partial charge in [0, 0.05) is 18.6 Å². The average Bonchev–Trinajstić information content (AvgIpc) is 2.43. The third-order valence-corrected chi connectivity index (χ3v) is 4.85. The van der Waals surface area contributed by atoms with E-state index in [1.165, 1.54) is 32.0 Å². The van der Waals surface area contributed by atoms with E-state index < -0.39 is 0 Å². The van der Waals surface area contributed by atoms with Crippen molar-refractivity contribution in [2.75, 3.05) is 19.6 Å². The lowest BCUT2D eigenvalue weighted by Gasteiger charge is -2.46. The van der Waals surface area contributed by atoms with E-state index in [0.717, 1.165) is 18.0 Å². The van der Waals surface area contributed by atoms with Crippen LogP contribution in [0.15, 0.2) is 18.2 Å². The molecule has 3 aliphatic rings. The molecule has 4 heteroatoms. The first kappa shape index (κ1) is 13.3. The number of nitrogens with zero attached hydrogens (tertiary/aromatic N) is 1. The number of hydrogen-bond acceptors (Lipinski definition) is 2. The standard InChI is InChI=1S/C15H20ClFN2/c1-10(12-2-3-14(17)13(16)8-12)18-15-9-19-6-4-11(15)5-7-19/h2-3,8,10-11,15,18H,4-7,9H2,1H3. The van der Waals surface area contributed by atoms with Crippen LogP contribution in [0, 0.1) is 11.7 Å². The van der Waals surface area contributed by atoms with Gasteiger partial charge >= 0.3 is 0 Å². The van der Waals surface area contributed by atoms with Gasteiger partial charge in [0.2, 0.25) is 0 Å². The lowest BCUT2D eigenvalue weighted by Crippen LogP contribution is -2.56. The quantitative estimate of drug-likeness (QED) is 0.916. The Morgan fingerprint density at radius 2 is 2.11 bits per heavy atom. The number of fused-ring (bicyclic) bond motifs is 3. The summed E-state index contributed by atoms with van der Waals surface area (Å²) in [4.78, 5) is 2.53. The summed E-state index contributed by atoms with van der Waals surface area (Å²) in [6, 6.07) is 5.77. The molecule has 1 N–H and O–H groups in total. The van der Waals surface area contributed by atoms with E-state index in [-0.39, 0.29) is 16.9 Å². The molecule has 2 nitrogen and oxygen atoms in total. The van der Waals surface area contributed by atoms with Crippen LogP contribution in [0.2, 0.25) is 5.02 Å². The lowest BCUT2D eigenvalue weighted by molar-refractivity contribution is 0.0680. The molecule has 19 heavy (non-hydrogen) atoms. The molecule has 3 aliphatic heterocycles. The van der Waals surface area contributed by atoms with Gasteiger partial charge in [-0.25, -0.2) is 4.39 Å². The molecule has 4 rings (SSSR count). The van der Waals surface area contributed by atoms with Crippen LogP contribution in [0.4, 0.5) is 4.39 Å².